The predicted octanol–water partition coefficient (Wildman–Crippen LogP) is 5.99. The number of carbonyl (C=O) groups is 1. The molecule has 11 heteroatoms. The van der Waals surface area contributed by atoms with E-state index in [0.29, 0.717) is 44.8 Å². The Kier molecular flexibility index (Phi) is 7.46. The van der Waals surface area contributed by atoms with Gasteiger partial charge in [-0.15, -0.1) is 0 Å². The highest BCUT2D eigenvalue weighted by Crippen LogP contribution is 2.37. The lowest BCUT2D eigenvalue weighted by molar-refractivity contribution is 0.0636. The number of nitrogens with zero attached hydrogens (tertiary/aromatic N) is 5. The van der Waals surface area contributed by atoms with Crippen LogP contribution in [-0.4, -0.2) is 36.2 Å². The zero-order valence-corrected chi connectivity index (χ0v) is 23.7. The summed E-state index contributed by atoms with van der Waals surface area (Å²) in [6.07, 6.45) is 2.36. The van der Waals surface area contributed by atoms with Gasteiger partial charge >= 0.3 is 12.1 Å². The molecule has 0 atom stereocenters. The average Bonchev–Trinajstić information content (AvgIpc) is 3.21. The zero-order valence-electron chi connectivity index (χ0n) is 23.7. The molecule has 10 nitrogen and oxygen atoms in total. The van der Waals surface area contributed by atoms with Gasteiger partial charge in [-0.3, -0.25) is 5.32 Å². The fourth-order valence-corrected chi connectivity index (χ4v) is 4.21. The van der Waals surface area contributed by atoms with Crippen molar-refractivity contribution in [3.05, 3.63) is 83.8 Å². The summed E-state index contributed by atoms with van der Waals surface area (Å²) in [5.41, 5.74) is 9.82. The summed E-state index contributed by atoms with van der Waals surface area (Å²) >= 11 is 0. The first-order valence-corrected chi connectivity index (χ1v) is 13.0. The SMILES string of the molecule is Cc1ccnc(Oc2ccc(-c3c(C#Cc4ccc(NC(=O)OC(C)(C)C)cc4)n(C)c4ncnc(N)c34)cc2F)n1. The van der Waals surface area contributed by atoms with Crippen LogP contribution >= 0.6 is 0 Å². The van der Waals surface area contributed by atoms with Crippen molar-refractivity contribution < 1.29 is 18.7 Å². The number of nitrogen functional groups attached to an aromatic ring is 1. The average molecular weight is 566 g/mol. The van der Waals surface area contributed by atoms with E-state index in [-0.39, 0.29) is 17.6 Å². The minimum atomic E-state index is -0.614. The van der Waals surface area contributed by atoms with Gasteiger partial charge in [0.1, 0.15) is 29.1 Å². The molecule has 0 radical (unpaired) electrons. The molecule has 0 saturated carbocycles. The molecule has 0 spiro atoms. The van der Waals surface area contributed by atoms with E-state index in [0.717, 1.165) is 0 Å². The number of amides is 1. The Labute approximate surface area is 241 Å². The monoisotopic (exact) mass is 565 g/mol. The third-order valence-corrected chi connectivity index (χ3v) is 6.05. The van der Waals surface area contributed by atoms with Crippen LogP contribution in [0.25, 0.3) is 22.2 Å². The van der Waals surface area contributed by atoms with Crippen LogP contribution in [0.2, 0.25) is 0 Å². The molecule has 5 aromatic rings. The van der Waals surface area contributed by atoms with Crippen LogP contribution in [0.3, 0.4) is 0 Å². The summed E-state index contributed by atoms with van der Waals surface area (Å²) in [4.78, 5) is 28.8. The molecule has 1 amide bonds. The predicted molar refractivity (Wildman–Crippen MR) is 157 cm³/mol. The number of hydrogen-bond acceptors (Lipinski definition) is 8. The largest absolute Gasteiger partial charge is 0.444 e. The molecular weight excluding hydrogens is 537 g/mol. The number of nitrogens with one attached hydrogen (secondary N) is 1. The highest BCUT2D eigenvalue weighted by Gasteiger charge is 2.21. The molecule has 0 saturated heterocycles. The Hall–Kier alpha value is -5.50. The standard InChI is InChI=1S/C31H28FN7O3/c1-18-14-15-34-29(37-18)41-24-13-9-20(16-22(24)32)25-23(39(5)28-26(25)27(33)35-17-36-28)12-8-19-6-10-21(11-7-19)38-30(40)42-31(2,3)4/h6-7,9-11,13-17H,1-5H3,(H,38,40)(H2,33,35,36). The molecular formula is C31H28FN7O3. The van der Waals surface area contributed by atoms with Crippen LogP contribution < -0.4 is 15.8 Å². The number of aryl methyl sites for hydroxylation is 2. The van der Waals surface area contributed by atoms with Crippen molar-refractivity contribution in [2.75, 3.05) is 11.1 Å². The lowest BCUT2D eigenvalue weighted by Crippen LogP contribution is -2.27. The lowest BCUT2D eigenvalue weighted by Gasteiger charge is -2.19. The molecule has 0 aliphatic carbocycles. The first-order chi connectivity index (χ1) is 20.0. The second-order valence-electron chi connectivity index (χ2n) is 10.4. The van der Waals surface area contributed by atoms with Gasteiger partial charge in [-0.05, 0) is 81.6 Å². The summed E-state index contributed by atoms with van der Waals surface area (Å²) in [5.74, 6) is 5.93. The maximum absolute atomic E-state index is 15.3. The molecule has 3 aromatic heterocycles. The van der Waals surface area contributed by atoms with Crippen LogP contribution in [0.1, 0.15) is 37.7 Å². The van der Waals surface area contributed by atoms with E-state index in [2.05, 4.69) is 37.1 Å². The topological polar surface area (TPSA) is 130 Å². The maximum atomic E-state index is 15.3. The summed E-state index contributed by atoms with van der Waals surface area (Å²) in [6, 6.07) is 13.3. The molecule has 3 heterocycles. The van der Waals surface area contributed by atoms with Crippen molar-refractivity contribution in [1.82, 2.24) is 24.5 Å². The Morgan fingerprint density at radius 1 is 1.05 bits per heavy atom. The molecule has 0 aliphatic heterocycles. The summed E-state index contributed by atoms with van der Waals surface area (Å²) in [5, 5.41) is 3.25. The van der Waals surface area contributed by atoms with Crippen molar-refractivity contribution in [1.29, 1.82) is 0 Å². The fraction of sp³-hybridized carbons (Fsp3) is 0.194. The van der Waals surface area contributed by atoms with Crippen molar-refractivity contribution >= 4 is 28.6 Å². The van der Waals surface area contributed by atoms with Gasteiger partial charge < -0.3 is 19.8 Å². The fourth-order valence-electron chi connectivity index (χ4n) is 4.21. The normalized spacial score (nSPS) is 11.1. The number of benzene rings is 2. The molecule has 0 unspecified atom stereocenters. The van der Waals surface area contributed by atoms with Gasteiger partial charge in [-0.2, -0.15) is 0 Å². The molecule has 2 aromatic carbocycles. The van der Waals surface area contributed by atoms with Crippen molar-refractivity contribution in [3.8, 4) is 34.7 Å². The van der Waals surface area contributed by atoms with Gasteiger partial charge in [0.2, 0.25) is 0 Å². The van der Waals surface area contributed by atoms with Gasteiger partial charge in [-0.1, -0.05) is 12.0 Å². The van der Waals surface area contributed by atoms with Crippen molar-refractivity contribution in [2.45, 2.75) is 33.3 Å². The van der Waals surface area contributed by atoms with Gasteiger partial charge in [0, 0.05) is 35.8 Å². The molecule has 0 bridgehead atoms. The molecule has 212 valence electrons. The molecule has 5 rings (SSSR count). The number of anilines is 2. The molecule has 3 N–H and O–H groups in total. The Morgan fingerprint density at radius 2 is 1.81 bits per heavy atom. The second kappa shape index (κ2) is 11.2. The Balaban J connectivity index is 1.50. The number of rotatable bonds is 4. The van der Waals surface area contributed by atoms with Gasteiger partial charge in [0.25, 0.3) is 0 Å². The van der Waals surface area contributed by atoms with E-state index in [9.17, 15) is 4.79 Å². The van der Waals surface area contributed by atoms with E-state index < -0.39 is 17.5 Å². The minimum Gasteiger partial charge on any atom is -0.444 e. The van der Waals surface area contributed by atoms with Gasteiger partial charge in [0.15, 0.2) is 11.6 Å². The van der Waals surface area contributed by atoms with Crippen LogP contribution in [0.4, 0.5) is 20.7 Å². The number of carbonyl (C=O) groups excluding carboxylic acids is 1. The van der Waals surface area contributed by atoms with Crippen molar-refractivity contribution in [2.24, 2.45) is 7.05 Å². The summed E-state index contributed by atoms with van der Waals surface area (Å²) < 4.78 is 28.0. The first-order valence-electron chi connectivity index (χ1n) is 13.0. The number of fused-ring (bicyclic) bond motifs is 1. The maximum Gasteiger partial charge on any atom is 0.412 e. The smallest absolute Gasteiger partial charge is 0.412 e. The number of aromatic nitrogens is 5. The second-order valence-corrected chi connectivity index (χ2v) is 10.4. The van der Waals surface area contributed by atoms with Crippen LogP contribution in [0.5, 0.6) is 11.8 Å². The van der Waals surface area contributed by atoms with E-state index >= 15 is 4.39 Å². The highest BCUT2D eigenvalue weighted by molar-refractivity contribution is 6.03. The first kappa shape index (κ1) is 28.0. The number of nitrogens with two attached hydrogens (primary N) is 1. The van der Waals surface area contributed by atoms with Gasteiger partial charge in [0.05, 0.1) is 5.39 Å². The molecule has 0 aliphatic rings. The third kappa shape index (κ3) is 6.13. The summed E-state index contributed by atoms with van der Waals surface area (Å²) in [7, 11) is 1.80. The Morgan fingerprint density at radius 3 is 2.50 bits per heavy atom. The third-order valence-electron chi connectivity index (χ3n) is 6.05. The van der Waals surface area contributed by atoms with Crippen LogP contribution in [-0.2, 0) is 11.8 Å². The van der Waals surface area contributed by atoms with E-state index in [1.54, 1.807) is 81.9 Å². The van der Waals surface area contributed by atoms with E-state index in [4.69, 9.17) is 15.2 Å². The Bertz CT molecular complexity index is 1870. The molecule has 42 heavy (non-hydrogen) atoms. The van der Waals surface area contributed by atoms with Crippen molar-refractivity contribution in [3.63, 3.8) is 0 Å². The number of halogens is 1. The quantitative estimate of drug-likeness (QED) is 0.254. The zero-order chi connectivity index (χ0) is 30.0. The number of hydrogen-bond donors (Lipinski definition) is 2. The highest BCUT2D eigenvalue weighted by atomic mass is 19.1. The minimum absolute atomic E-state index is 0.0264. The van der Waals surface area contributed by atoms with Gasteiger partial charge in [-0.25, -0.2) is 29.1 Å². The number of ether oxygens (including phenoxy) is 2. The van der Waals surface area contributed by atoms with E-state index in [1.165, 1.54) is 18.5 Å². The van der Waals surface area contributed by atoms with E-state index in [1.807, 2.05) is 0 Å². The van der Waals surface area contributed by atoms with Crippen LogP contribution in [0.15, 0.2) is 61.1 Å². The van der Waals surface area contributed by atoms with Crippen LogP contribution in [0, 0.1) is 24.6 Å². The summed E-state index contributed by atoms with van der Waals surface area (Å²) in [6.45, 7) is 7.17. The molecule has 0 fully saturated rings. The lowest BCUT2D eigenvalue weighted by atomic mass is 10.0.